The van der Waals surface area contributed by atoms with E-state index in [-0.39, 0.29) is 17.7 Å². The lowest BCUT2D eigenvalue weighted by atomic mass is 9.96. The second-order valence-corrected chi connectivity index (χ2v) is 7.97. The van der Waals surface area contributed by atoms with Gasteiger partial charge in [0.1, 0.15) is 12.1 Å². The van der Waals surface area contributed by atoms with Crippen molar-refractivity contribution in [3.05, 3.63) is 47.2 Å². The van der Waals surface area contributed by atoms with Gasteiger partial charge in [0, 0.05) is 17.1 Å². The van der Waals surface area contributed by atoms with Gasteiger partial charge in [-0.05, 0) is 50.2 Å². The molecule has 1 aliphatic rings. The Kier molecular flexibility index (Phi) is 5.68. The highest BCUT2D eigenvalue weighted by Crippen LogP contribution is 2.24. The minimum Gasteiger partial charge on any atom is -0.361 e. The molecule has 2 atom stereocenters. The number of H-pyrrole nitrogens is 1. The van der Waals surface area contributed by atoms with Gasteiger partial charge in [-0.2, -0.15) is 0 Å². The third kappa shape index (κ3) is 4.24. The zero-order chi connectivity index (χ0) is 19.6. The summed E-state index contributed by atoms with van der Waals surface area (Å²) in [7, 11) is 0. The van der Waals surface area contributed by atoms with Gasteiger partial charge >= 0.3 is 0 Å². The van der Waals surface area contributed by atoms with Crippen LogP contribution in [0, 0.1) is 5.92 Å². The van der Waals surface area contributed by atoms with Crippen molar-refractivity contribution in [3.63, 3.8) is 0 Å². The van der Waals surface area contributed by atoms with Gasteiger partial charge < -0.3 is 15.6 Å². The lowest BCUT2D eigenvalue weighted by Gasteiger charge is -2.31. The van der Waals surface area contributed by atoms with Gasteiger partial charge in [0.05, 0.1) is 0 Å². The van der Waals surface area contributed by atoms with Crippen LogP contribution in [0.2, 0.25) is 0 Å². The van der Waals surface area contributed by atoms with E-state index < -0.39 is 12.1 Å². The molecule has 1 aliphatic heterocycles. The maximum absolute atomic E-state index is 12.3. The van der Waals surface area contributed by atoms with Crippen LogP contribution in [0.3, 0.4) is 0 Å². The molecule has 2 amide bonds. The van der Waals surface area contributed by atoms with Crippen LogP contribution in [0.5, 0.6) is 0 Å². The quantitative estimate of drug-likeness (QED) is 0.686. The van der Waals surface area contributed by atoms with Crippen molar-refractivity contribution in [1.29, 1.82) is 0 Å². The molecule has 0 saturated carbocycles. The highest BCUT2D eigenvalue weighted by Gasteiger charge is 2.34. The van der Waals surface area contributed by atoms with Crippen molar-refractivity contribution in [2.75, 3.05) is 0 Å². The number of carbonyl (C=O) groups excluding carboxylic acids is 2. The number of fused-ring (bicyclic) bond motifs is 1. The molecule has 0 bridgehead atoms. The number of hydrogen-bond donors (Lipinski definition) is 3. The lowest BCUT2D eigenvalue weighted by Crippen LogP contribution is -2.63. The van der Waals surface area contributed by atoms with E-state index in [1.807, 2.05) is 20.0 Å². The van der Waals surface area contributed by atoms with Gasteiger partial charge in [-0.25, -0.2) is 0 Å². The molecule has 144 valence electrons. The number of aryl methyl sites for hydroxylation is 1. The summed E-state index contributed by atoms with van der Waals surface area (Å²) >= 11 is 0. The number of benzene rings is 1. The van der Waals surface area contributed by atoms with Gasteiger partial charge in [-0.15, -0.1) is 0 Å². The van der Waals surface area contributed by atoms with Gasteiger partial charge in [-0.1, -0.05) is 43.7 Å². The fourth-order valence-electron chi connectivity index (χ4n) is 3.59. The van der Waals surface area contributed by atoms with Crippen LogP contribution in [0.25, 0.3) is 10.9 Å². The lowest BCUT2D eigenvalue weighted by molar-refractivity contribution is -0.138. The second kappa shape index (κ2) is 7.99. The topological polar surface area (TPSA) is 74.0 Å². The fraction of sp³-hybridized carbons (Fsp3) is 0.455. The molecule has 2 aromatic rings. The monoisotopic (exact) mass is 367 g/mol. The van der Waals surface area contributed by atoms with E-state index in [2.05, 4.69) is 53.7 Å². The van der Waals surface area contributed by atoms with Crippen LogP contribution in [0.1, 0.15) is 45.2 Å². The first kappa shape index (κ1) is 19.2. The zero-order valence-corrected chi connectivity index (χ0v) is 16.6. The molecule has 5 nitrogen and oxygen atoms in total. The second-order valence-electron chi connectivity index (χ2n) is 7.97. The average Bonchev–Trinajstić information content (AvgIpc) is 3.03. The Morgan fingerprint density at radius 2 is 1.89 bits per heavy atom. The third-order valence-corrected chi connectivity index (χ3v) is 5.20. The third-order valence-electron chi connectivity index (χ3n) is 5.20. The van der Waals surface area contributed by atoms with E-state index >= 15 is 0 Å². The summed E-state index contributed by atoms with van der Waals surface area (Å²) in [6.07, 6.45) is 6.47. The van der Waals surface area contributed by atoms with E-state index in [1.54, 1.807) is 0 Å². The van der Waals surface area contributed by atoms with Crippen LogP contribution < -0.4 is 10.6 Å². The molecule has 1 fully saturated rings. The van der Waals surface area contributed by atoms with E-state index in [0.29, 0.717) is 6.42 Å². The standard InChI is InChI=1S/C22H29N3O2/c1-13(2)8-9-15-6-5-7-17-16(12-23-20(15)17)10-11-18-21(26)25-19(14(3)4)22(27)24-18/h5-8,12,14,18-19,23H,9-11H2,1-4H3,(H,24,27)(H,25,26)/t18-,19+/m0/s1. The molecule has 5 heteroatoms. The maximum atomic E-state index is 12.3. The summed E-state index contributed by atoms with van der Waals surface area (Å²) < 4.78 is 0. The number of allylic oxidation sites excluding steroid dienone is 2. The maximum Gasteiger partial charge on any atom is 0.243 e. The smallest absolute Gasteiger partial charge is 0.243 e. The summed E-state index contributed by atoms with van der Waals surface area (Å²) in [5, 5.41) is 6.93. The number of piperazine rings is 1. The first-order valence-corrected chi connectivity index (χ1v) is 9.68. The first-order valence-electron chi connectivity index (χ1n) is 9.68. The molecule has 1 saturated heterocycles. The van der Waals surface area contributed by atoms with Crippen LogP contribution in [-0.2, 0) is 22.4 Å². The molecule has 27 heavy (non-hydrogen) atoms. The number of amides is 2. The minimum absolute atomic E-state index is 0.0856. The number of nitrogens with one attached hydrogen (secondary N) is 3. The Labute approximate surface area is 160 Å². The molecule has 0 unspecified atom stereocenters. The summed E-state index contributed by atoms with van der Waals surface area (Å²) in [6.45, 7) is 8.08. The van der Waals surface area contributed by atoms with Crippen LogP contribution in [0.15, 0.2) is 36.0 Å². The number of hydrogen-bond acceptors (Lipinski definition) is 2. The molecule has 0 spiro atoms. The van der Waals surface area contributed by atoms with Crippen molar-refractivity contribution in [3.8, 4) is 0 Å². The molecule has 3 N–H and O–H groups in total. The number of aromatic amines is 1. The average molecular weight is 367 g/mol. The summed E-state index contributed by atoms with van der Waals surface area (Å²) in [5.74, 6) is -0.0855. The Bertz CT molecular complexity index is 875. The number of aromatic nitrogens is 1. The molecule has 0 aliphatic carbocycles. The van der Waals surface area contributed by atoms with Gasteiger partial charge in [-0.3, -0.25) is 9.59 Å². The van der Waals surface area contributed by atoms with Crippen molar-refractivity contribution in [1.82, 2.24) is 15.6 Å². The predicted molar refractivity (Wildman–Crippen MR) is 108 cm³/mol. The fourth-order valence-corrected chi connectivity index (χ4v) is 3.59. The Morgan fingerprint density at radius 3 is 2.59 bits per heavy atom. The highest BCUT2D eigenvalue weighted by molar-refractivity contribution is 5.97. The molecular weight excluding hydrogens is 338 g/mol. The van der Waals surface area contributed by atoms with Gasteiger partial charge in [0.2, 0.25) is 11.8 Å². The molecule has 0 radical (unpaired) electrons. The Balaban J connectivity index is 1.71. The van der Waals surface area contributed by atoms with Crippen molar-refractivity contribution < 1.29 is 9.59 Å². The van der Waals surface area contributed by atoms with Crippen LogP contribution >= 0.6 is 0 Å². The normalized spacial score (nSPS) is 19.9. The van der Waals surface area contributed by atoms with E-state index in [1.165, 1.54) is 22.1 Å². The minimum atomic E-state index is -0.466. The van der Waals surface area contributed by atoms with Gasteiger partial charge in [0.25, 0.3) is 0 Å². The van der Waals surface area contributed by atoms with Crippen molar-refractivity contribution >= 4 is 22.7 Å². The largest absolute Gasteiger partial charge is 0.361 e. The number of rotatable bonds is 6. The van der Waals surface area contributed by atoms with E-state index in [9.17, 15) is 9.59 Å². The number of para-hydroxylation sites is 1. The summed E-state index contributed by atoms with van der Waals surface area (Å²) in [4.78, 5) is 27.9. The highest BCUT2D eigenvalue weighted by atomic mass is 16.2. The predicted octanol–water partition coefficient (Wildman–Crippen LogP) is 3.25. The molecule has 3 rings (SSSR count). The van der Waals surface area contributed by atoms with E-state index in [0.717, 1.165) is 18.4 Å². The first-order chi connectivity index (χ1) is 12.9. The molecule has 2 heterocycles. The van der Waals surface area contributed by atoms with Gasteiger partial charge in [0.15, 0.2) is 0 Å². The SMILES string of the molecule is CC(C)=CCc1cccc2c(CC[C@@H]3NC(=O)[C@@H](C(C)C)NC3=O)c[nH]c12. The van der Waals surface area contributed by atoms with Crippen LogP contribution in [0.4, 0.5) is 0 Å². The Morgan fingerprint density at radius 1 is 1.11 bits per heavy atom. The van der Waals surface area contributed by atoms with E-state index in [4.69, 9.17) is 0 Å². The van der Waals surface area contributed by atoms with Crippen LogP contribution in [-0.4, -0.2) is 28.9 Å². The van der Waals surface area contributed by atoms with Crippen molar-refractivity contribution in [2.45, 2.75) is 59.0 Å². The molecular formula is C22H29N3O2. The summed E-state index contributed by atoms with van der Waals surface area (Å²) in [6, 6.07) is 5.44. The Hall–Kier alpha value is -2.56. The van der Waals surface area contributed by atoms with Crippen molar-refractivity contribution in [2.24, 2.45) is 5.92 Å². The number of carbonyl (C=O) groups is 2. The zero-order valence-electron chi connectivity index (χ0n) is 16.6. The molecule has 1 aromatic heterocycles. The summed E-state index contributed by atoms with van der Waals surface area (Å²) in [5.41, 5.74) is 4.90. The molecule has 1 aromatic carbocycles.